The minimum atomic E-state index is -0.515. The second-order valence-corrected chi connectivity index (χ2v) is 4.84. The van der Waals surface area contributed by atoms with Gasteiger partial charge in [0.15, 0.2) is 0 Å². The number of hydrogen-bond acceptors (Lipinski definition) is 3. The van der Waals surface area contributed by atoms with Crippen molar-refractivity contribution in [2.75, 3.05) is 0 Å². The first-order valence-corrected chi connectivity index (χ1v) is 7.01. The van der Waals surface area contributed by atoms with E-state index in [1.165, 1.54) is 0 Å². The SMILES string of the molecule is CCC(O)CC(=O)CC(CC)OCc1ccccc1. The number of carbonyl (C=O) groups excluding carboxylic acids is 1. The van der Waals surface area contributed by atoms with E-state index in [0.717, 1.165) is 12.0 Å². The molecule has 1 rings (SSSR count). The quantitative estimate of drug-likeness (QED) is 0.745. The molecule has 0 aliphatic heterocycles. The third-order valence-electron chi connectivity index (χ3n) is 3.17. The second kappa shape index (κ2) is 8.83. The molecule has 0 saturated carbocycles. The highest BCUT2D eigenvalue weighted by Crippen LogP contribution is 2.11. The average molecular weight is 264 g/mol. The van der Waals surface area contributed by atoms with Crippen LogP contribution in [0.3, 0.4) is 0 Å². The average Bonchev–Trinajstić information content (AvgIpc) is 2.44. The van der Waals surface area contributed by atoms with Crippen molar-refractivity contribution in [2.24, 2.45) is 0 Å². The van der Waals surface area contributed by atoms with Crippen LogP contribution in [0.25, 0.3) is 0 Å². The summed E-state index contributed by atoms with van der Waals surface area (Å²) in [4.78, 5) is 11.8. The Morgan fingerprint density at radius 3 is 2.42 bits per heavy atom. The minimum absolute atomic E-state index is 0.0586. The van der Waals surface area contributed by atoms with Crippen LogP contribution >= 0.6 is 0 Å². The first-order chi connectivity index (χ1) is 9.15. The molecule has 1 N–H and O–H groups in total. The van der Waals surface area contributed by atoms with Crippen molar-refractivity contribution < 1.29 is 14.6 Å². The van der Waals surface area contributed by atoms with E-state index >= 15 is 0 Å². The van der Waals surface area contributed by atoms with Crippen LogP contribution in [0, 0.1) is 0 Å². The summed E-state index contributed by atoms with van der Waals surface area (Å²) in [6.45, 7) is 4.42. The predicted molar refractivity (Wildman–Crippen MR) is 75.8 cm³/mol. The van der Waals surface area contributed by atoms with Crippen molar-refractivity contribution in [3.63, 3.8) is 0 Å². The third-order valence-corrected chi connectivity index (χ3v) is 3.17. The molecule has 1 aromatic rings. The van der Waals surface area contributed by atoms with Crippen molar-refractivity contribution in [3.8, 4) is 0 Å². The molecule has 0 saturated heterocycles. The summed E-state index contributed by atoms with van der Waals surface area (Å²) in [5.74, 6) is 0.0780. The maximum absolute atomic E-state index is 11.8. The molecule has 0 heterocycles. The Hall–Kier alpha value is -1.19. The van der Waals surface area contributed by atoms with Gasteiger partial charge in [0.1, 0.15) is 5.78 Å². The molecule has 2 unspecified atom stereocenters. The molecule has 3 nitrogen and oxygen atoms in total. The van der Waals surface area contributed by atoms with E-state index in [1.54, 1.807) is 0 Å². The second-order valence-electron chi connectivity index (χ2n) is 4.84. The highest BCUT2D eigenvalue weighted by Gasteiger charge is 2.15. The molecule has 0 spiro atoms. The molecule has 106 valence electrons. The number of Topliss-reactive ketones (excluding diaryl/α,β-unsaturated/α-hetero) is 1. The molecular weight excluding hydrogens is 240 g/mol. The maximum atomic E-state index is 11.8. The number of benzene rings is 1. The molecule has 2 atom stereocenters. The third kappa shape index (κ3) is 6.50. The van der Waals surface area contributed by atoms with Crippen molar-refractivity contribution in [2.45, 2.75) is 58.3 Å². The molecule has 0 radical (unpaired) electrons. The van der Waals surface area contributed by atoms with Gasteiger partial charge in [-0.15, -0.1) is 0 Å². The van der Waals surface area contributed by atoms with Crippen LogP contribution in [-0.4, -0.2) is 23.1 Å². The predicted octanol–water partition coefficient (Wildman–Crippen LogP) is 3.10. The Morgan fingerprint density at radius 1 is 1.16 bits per heavy atom. The summed E-state index contributed by atoms with van der Waals surface area (Å²) < 4.78 is 5.76. The van der Waals surface area contributed by atoms with E-state index < -0.39 is 6.10 Å². The largest absolute Gasteiger partial charge is 0.393 e. The fourth-order valence-corrected chi connectivity index (χ4v) is 1.85. The zero-order chi connectivity index (χ0) is 14.1. The van der Waals surface area contributed by atoms with E-state index in [1.807, 2.05) is 44.2 Å². The zero-order valence-corrected chi connectivity index (χ0v) is 11.8. The van der Waals surface area contributed by atoms with Crippen molar-refractivity contribution in [3.05, 3.63) is 35.9 Å². The number of aliphatic hydroxyl groups excluding tert-OH is 1. The lowest BCUT2D eigenvalue weighted by Gasteiger charge is -2.16. The molecule has 19 heavy (non-hydrogen) atoms. The lowest BCUT2D eigenvalue weighted by molar-refractivity contribution is -0.124. The van der Waals surface area contributed by atoms with Crippen molar-refractivity contribution in [1.82, 2.24) is 0 Å². The number of hydrogen-bond donors (Lipinski definition) is 1. The van der Waals surface area contributed by atoms with Gasteiger partial charge in [-0.05, 0) is 18.4 Å². The monoisotopic (exact) mass is 264 g/mol. The number of carbonyl (C=O) groups is 1. The first-order valence-electron chi connectivity index (χ1n) is 7.01. The molecule has 3 heteroatoms. The molecule has 0 fully saturated rings. The van der Waals surface area contributed by atoms with Crippen LogP contribution in [0.15, 0.2) is 30.3 Å². The Balaban J connectivity index is 2.35. The van der Waals surface area contributed by atoms with E-state index in [4.69, 9.17) is 4.74 Å². The van der Waals surface area contributed by atoms with E-state index in [-0.39, 0.29) is 18.3 Å². The van der Waals surface area contributed by atoms with Gasteiger partial charge in [0, 0.05) is 12.8 Å². The maximum Gasteiger partial charge on any atom is 0.138 e. The summed E-state index contributed by atoms with van der Waals surface area (Å²) in [6.07, 6.45) is 1.48. The molecular formula is C16H24O3. The Kier molecular flexibility index (Phi) is 7.38. The van der Waals surface area contributed by atoms with Crippen LogP contribution in [0.1, 0.15) is 45.1 Å². The van der Waals surface area contributed by atoms with Gasteiger partial charge in [-0.3, -0.25) is 4.79 Å². The highest BCUT2D eigenvalue weighted by molar-refractivity contribution is 5.79. The van der Waals surface area contributed by atoms with Crippen molar-refractivity contribution in [1.29, 1.82) is 0 Å². The number of ketones is 1. The fourth-order valence-electron chi connectivity index (χ4n) is 1.85. The molecule has 0 bridgehead atoms. The topological polar surface area (TPSA) is 46.5 Å². The van der Waals surface area contributed by atoms with Gasteiger partial charge in [0.2, 0.25) is 0 Å². The molecule has 0 aromatic heterocycles. The van der Waals surface area contributed by atoms with Gasteiger partial charge in [-0.1, -0.05) is 44.2 Å². The summed E-state index contributed by atoms with van der Waals surface area (Å²) >= 11 is 0. The van der Waals surface area contributed by atoms with Gasteiger partial charge in [-0.25, -0.2) is 0 Å². The summed E-state index contributed by atoms with van der Waals surface area (Å²) in [6, 6.07) is 9.94. The summed E-state index contributed by atoms with van der Waals surface area (Å²) in [5.41, 5.74) is 1.11. The Morgan fingerprint density at radius 2 is 1.84 bits per heavy atom. The van der Waals surface area contributed by atoms with Crippen LogP contribution in [0.2, 0.25) is 0 Å². The lowest BCUT2D eigenvalue weighted by Crippen LogP contribution is -2.20. The van der Waals surface area contributed by atoms with Crippen LogP contribution in [-0.2, 0) is 16.1 Å². The normalized spacial score (nSPS) is 14.1. The number of ether oxygens (including phenoxy) is 1. The highest BCUT2D eigenvalue weighted by atomic mass is 16.5. The van der Waals surface area contributed by atoms with E-state index in [9.17, 15) is 9.90 Å². The minimum Gasteiger partial charge on any atom is -0.393 e. The first kappa shape index (κ1) is 15.9. The Labute approximate surface area is 115 Å². The summed E-state index contributed by atoms with van der Waals surface area (Å²) in [5, 5.41) is 9.46. The number of aliphatic hydroxyl groups is 1. The van der Waals surface area contributed by atoms with Crippen molar-refractivity contribution >= 4 is 5.78 Å². The van der Waals surface area contributed by atoms with E-state index in [2.05, 4.69) is 0 Å². The summed E-state index contributed by atoms with van der Waals surface area (Å²) in [7, 11) is 0. The van der Waals surface area contributed by atoms with E-state index in [0.29, 0.717) is 19.4 Å². The van der Waals surface area contributed by atoms with Gasteiger partial charge in [-0.2, -0.15) is 0 Å². The smallest absolute Gasteiger partial charge is 0.138 e. The molecule has 0 aliphatic rings. The number of rotatable bonds is 9. The van der Waals surface area contributed by atoms with Gasteiger partial charge in [0.05, 0.1) is 18.8 Å². The molecule has 0 amide bonds. The van der Waals surface area contributed by atoms with Gasteiger partial charge in [0.25, 0.3) is 0 Å². The van der Waals surface area contributed by atoms with Gasteiger partial charge >= 0.3 is 0 Å². The Bertz CT molecular complexity index is 362. The fraction of sp³-hybridized carbons (Fsp3) is 0.562. The van der Waals surface area contributed by atoms with Crippen LogP contribution < -0.4 is 0 Å². The zero-order valence-electron chi connectivity index (χ0n) is 11.8. The van der Waals surface area contributed by atoms with Gasteiger partial charge < -0.3 is 9.84 Å². The molecule has 0 aliphatic carbocycles. The lowest BCUT2D eigenvalue weighted by atomic mass is 10.0. The molecule has 1 aromatic carbocycles. The van der Waals surface area contributed by atoms with Crippen LogP contribution in [0.4, 0.5) is 0 Å². The standard InChI is InChI=1S/C16H24O3/c1-3-14(17)10-15(18)11-16(4-2)19-12-13-8-6-5-7-9-13/h5-9,14,16-17H,3-4,10-12H2,1-2H3. The van der Waals surface area contributed by atoms with Crippen LogP contribution in [0.5, 0.6) is 0 Å².